The Morgan fingerprint density at radius 2 is 1.86 bits per heavy atom. The summed E-state index contributed by atoms with van der Waals surface area (Å²) in [6.45, 7) is 2.50. The molecule has 2 aromatic carbocycles. The number of aryl methyl sites for hydroxylation is 1. The number of amides is 1. The van der Waals surface area contributed by atoms with Crippen LogP contribution < -0.4 is 0 Å². The molecule has 6 nitrogen and oxygen atoms in total. The van der Waals surface area contributed by atoms with Crippen molar-refractivity contribution in [2.24, 2.45) is 0 Å². The van der Waals surface area contributed by atoms with Gasteiger partial charge in [0.15, 0.2) is 11.5 Å². The van der Waals surface area contributed by atoms with Crippen LogP contribution in [0, 0.1) is 6.92 Å². The molecule has 0 radical (unpaired) electrons. The summed E-state index contributed by atoms with van der Waals surface area (Å²) in [4.78, 5) is 14.3. The Morgan fingerprint density at radius 3 is 2.54 bits per heavy atom. The zero-order valence-electron chi connectivity index (χ0n) is 15.7. The van der Waals surface area contributed by atoms with Crippen LogP contribution in [0.25, 0.3) is 17.0 Å². The molecule has 0 bridgehead atoms. The van der Waals surface area contributed by atoms with Gasteiger partial charge >= 0.3 is 0 Å². The Morgan fingerprint density at radius 1 is 1.11 bits per heavy atom. The fourth-order valence-electron chi connectivity index (χ4n) is 2.95. The largest absolute Gasteiger partial charge is 0.355 e. The van der Waals surface area contributed by atoms with Crippen LogP contribution in [0.1, 0.15) is 21.6 Å². The van der Waals surface area contributed by atoms with Crippen molar-refractivity contribution in [2.75, 3.05) is 7.05 Å². The van der Waals surface area contributed by atoms with Crippen molar-refractivity contribution >= 4 is 5.91 Å². The number of hydrogen-bond acceptors (Lipinski definition) is 4. The topological polar surface area (TPSA) is 64.2 Å². The summed E-state index contributed by atoms with van der Waals surface area (Å²) < 4.78 is 7.15. The van der Waals surface area contributed by atoms with Gasteiger partial charge in [0.1, 0.15) is 0 Å². The summed E-state index contributed by atoms with van der Waals surface area (Å²) in [7, 11) is 1.75. The van der Waals surface area contributed by atoms with Gasteiger partial charge in [0.05, 0.1) is 5.69 Å². The Balaban J connectivity index is 1.44. The molecule has 140 valence electrons. The molecule has 0 spiro atoms. The predicted molar refractivity (Wildman–Crippen MR) is 106 cm³/mol. The van der Waals surface area contributed by atoms with E-state index in [1.54, 1.807) is 28.9 Å². The fraction of sp³-hybridized carbons (Fsp3) is 0.136. The van der Waals surface area contributed by atoms with Crippen LogP contribution >= 0.6 is 0 Å². The number of hydrogen-bond donors (Lipinski definition) is 0. The zero-order valence-corrected chi connectivity index (χ0v) is 15.7. The van der Waals surface area contributed by atoms with Gasteiger partial charge in [-0.05, 0) is 30.7 Å². The third-order valence-corrected chi connectivity index (χ3v) is 4.54. The lowest BCUT2D eigenvalue weighted by molar-refractivity contribution is 0.0775. The third kappa shape index (κ3) is 3.71. The number of rotatable bonds is 5. The van der Waals surface area contributed by atoms with Crippen molar-refractivity contribution in [1.29, 1.82) is 0 Å². The summed E-state index contributed by atoms with van der Waals surface area (Å²) in [6, 6.07) is 19.4. The highest BCUT2D eigenvalue weighted by Crippen LogP contribution is 2.21. The second-order valence-corrected chi connectivity index (χ2v) is 6.72. The molecule has 0 aliphatic rings. The lowest BCUT2D eigenvalue weighted by Crippen LogP contribution is -2.26. The van der Waals surface area contributed by atoms with Gasteiger partial charge < -0.3 is 9.42 Å². The zero-order chi connectivity index (χ0) is 19.5. The second-order valence-electron chi connectivity index (χ2n) is 6.72. The van der Waals surface area contributed by atoms with Crippen molar-refractivity contribution in [1.82, 2.24) is 19.8 Å². The Hall–Kier alpha value is -3.67. The average Bonchev–Trinajstić information content (AvgIpc) is 3.41. The molecule has 0 aliphatic carbocycles. The van der Waals surface area contributed by atoms with Crippen molar-refractivity contribution in [2.45, 2.75) is 13.5 Å². The summed E-state index contributed by atoms with van der Waals surface area (Å²) in [6.07, 6.45) is 3.63. The molecule has 2 heterocycles. The smallest absolute Gasteiger partial charge is 0.276 e. The van der Waals surface area contributed by atoms with Crippen molar-refractivity contribution in [3.63, 3.8) is 0 Å². The number of aromatic nitrogens is 3. The first kappa shape index (κ1) is 17.7. The molecule has 0 fully saturated rings. The SMILES string of the molecule is Cc1ccc(-c2cc(C(=O)N(C)Cc3ccc(-n4cccn4)cc3)no2)cc1. The molecule has 1 amide bonds. The third-order valence-electron chi connectivity index (χ3n) is 4.54. The van der Waals surface area contributed by atoms with E-state index in [9.17, 15) is 4.79 Å². The quantitative estimate of drug-likeness (QED) is 0.529. The number of benzene rings is 2. The number of carbonyl (C=O) groups excluding carboxylic acids is 1. The Labute approximate surface area is 163 Å². The van der Waals surface area contributed by atoms with Gasteiger partial charge in [-0.15, -0.1) is 0 Å². The van der Waals surface area contributed by atoms with Crippen LogP contribution in [0.3, 0.4) is 0 Å². The van der Waals surface area contributed by atoms with E-state index in [4.69, 9.17) is 4.52 Å². The molecular formula is C22H20N4O2. The van der Waals surface area contributed by atoms with E-state index in [1.165, 1.54) is 0 Å². The highest BCUT2D eigenvalue weighted by molar-refractivity contribution is 5.92. The van der Waals surface area contributed by atoms with Crippen LogP contribution in [0.5, 0.6) is 0 Å². The standard InChI is InChI=1S/C22H20N4O2/c1-16-4-8-18(9-5-16)21-14-20(24-28-21)22(27)25(2)15-17-6-10-19(11-7-17)26-13-3-12-23-26/h3-14H,15H2,1-2H3. The lowest BCUT2D eigenvalue weighted by atomic mass is 10.1. The Bertz CT molecular complexity index is 1060. The van der Waals surface area contributed by atoms with Crippen LogP contribution in [0.4, 0.5) is 0 Å². The van der Waals surface area contributed by atoms with Crippen LogP contribution in [-0.4, -0.2) is 32.8 Å². The maximum Gasteiger partial charge on any atom is 0.276 e. The van der Waals surface area contributed by atoms with E-state index < -0.39 is 0 Å². The monoisotopic (exact) mass is 372 g/mol. The molecule has 0 saturated carbocycles. The van der Waals surface area contributed by atoms with Gasteiger partial charge in [-0.2, -0.15) is 5.10 Å². The van der Waals surface area contributed by atoms with Crippen LogP contribution in [-0.2, 0) is 6.54 Å². The molecule has 4 aromatic rings. The van der Waals surface area contributed by atoms with E-state index in [-0.39, 0.29) is 5.91 Å². The first-order chi connectivity index (χ1) is 13.6. The highest BCUT2D eigenvalue weighted by atomic mass is 16.5. The molecule has 0 aliphatic heterocycles. The molecule has 0 N–H and O–H groups in total. The summed E-state index contributed by atoms with van der Waals surface area (Å²) >= 11 is 0. The van der Waals surface area contributed by atoms with E-state index in [1.807, 2.05) is 67.7 Å². The van der Waals surface area contributed by atoms with Gasteiger partial charge in [0, 0.05) is 37.6 Å². The van der Waals surface area contributed by atoms with Crippen LogP contribution in [0.15, 0.2) is 77.6 Å². The maximum absolute atomic E-state index is 12.7. The van der Waals surface area contributed by atoms with Gasteiger partial charge in [-0.3, -0.25) is 4.79 Å². The molecule has 0 saturated heterocycles. The van der Waals surface area contributed by atoms with E-state index in [0.717, 1.165) is 22.4 Å². The highest BCUT2D eigenvalue weighted by Gasteiger charge is 2.18. The molecule has 4 rings (SSSR count). The normalized spacial score (nSPS) is 10.8. The molecule has 0 atom stereocenters. The van der Waals surface area contributed by atoms with Gasteiger partial charge in [0.2, 0.25) is 0 Å². The summed E-state index contributed by atoms with van der Waals surface area (Å²) in [5, 5.41) is 8.16. The average molecular weight is 372 g/mol. The summed E-state index contributed by atoms with van der Waals surface area (Å²) in [5.41, 5.74) is 4.36. The first-order valence-electron chi connectivity index (χ1n) is 8.98. The first-order valence-corrected chi connectivity index (χ1v) is 8.98. The van der Waals surface area contributed by atoms with Gasteiger partial charge in [-0.1, -0.05) is 47.1 Å². The number of nitrogens with zero attached hydrogens (tertiary/aromatic N) is 4. The van der Waals surface area contributed by atoms with Crippen molar-refractivity contribution < 1.29 is 9.32 Å². The second kappa shape index (κ2) is 7.52. The minimum Gasteiger partial charge on any atom is -0.355 e. The minimum atomic E-state index is -0.182. The molecular weight excluding hydrogens is 352 g/mol. The van der Waals surface area contributed by atoms with E-state index in [0.29, 0.717) is 18.0 Å². The molecule has 2 aromatic heterocycles. The van der Waals surface area contributed by atoms with Gasteiger partial charge in [-0.25, -0.2) is 4.68 Å². The predicted octanol–water partition coefficient (Wildman–Crippen LogP) is 4.11. The van der Waals surface area contributed by atoms with Crippen LogP contribution in [0.2, 0.25) is 0 Å². The minimum absolute atomic E-state index is 0.182. The molecule has 6 heteroatoms. The van der Waals surface area contributed by atoms with E-state index >= 15 is 0 Å². The summed E-state index contributed by atoms with van der Waals surface area (Å²) in [5.74, 6) is 0.401. The van der Waals surface area contributed by atoms with Gasteiger partial charge in [0.25, 0.3) is 5.91 Å². The van der Waals surface area contributed by atoms with Crippen molar-refractivity contribution in [3.05, 3.63) is 89.9 Å². The fourth-order valence-corrected chi connectivity index (χ4v) is 2.95. The molecule has 28 heavy (non-hydrogen) atoms. The maximum atomic E-state index is 12.7. The van der Waals surface area contributed by atoms with Crippen molar-refractivity contribution in [3.8, 4) is 17.0 Å². The van der Waals surface area contributed by atoms with E-state index in [2.05, 4.69) is 10.3 Å². The lowest BCUT2D eigenvalue weighted by Gasteiger charge is -2.16. The number of carbonyl (C=O) groups is 1. The molecule has 0 unspecified atom stereocenters. The Kier molecular flexibility index (Phi) is 4.76.